The van der Waals surface area contributed by atoms with E-state index < -0.39 is 8.32 Å². The average molecular weight is 292 g/mol. The van der Waals surface area contributed by atoms with Crippen molar-refractivity contribution in [2.24, 2.45) is 0 Å². The molecule has 0 spiro atoms. The van der Waals surface area contributed by atoms with Crippen LogP contribution < -0.4 is 9.16 Å². The van der Waals surface area contributed by atoms with Gasteiger partial charge in [0.2, 0.25) is 0 Å². The van der Waals surface area contributed by atoms with Gasteiger partial charge in [-0.25, -0.2) is 0 Å². The summed E-state index contributed by atoms with van der Waals surface area (Å²) in [6, 6.07) is 6.02. The van der Waals surface area contributed by atoms with E-state index in [1.54, 1.807) is 0 Å². The van der Waals surface area contributed by atoms with E-state index in [0.29, 0.717) is 6.61 Å². The summed E-state index contributed by atoms with van der Waals surface area (Å²) in [4.78, 5) is 0. The van der Waals surface area contributed by atoms with Crippen molar-refractivity contribution in [1.29, 1.82) is 0 Å². The van der Waals surface area contributed by atoms with Crippen molar-refractivity contribution < 1.29 is 9.16 Å². The quantitative estimate of drug-likeness (QED) is 0.644. The molecule has 0 saturated heterocycles. The zero-order chi connectivity index (χ0) is 15.4. The molecular weight excluding hydrogens is 264 g/mol. The van der Waals surface area contributed by atoms with Crippen LogP contribution in [0.4, 0.5) is 0 Å². The van der Waals surface area contributed by atoms with Crippen LogP contribution in [0.5, 0.6) is 11.5 Å². The van der Waals surface area contributed by atoms with Crippen molar-refractivity contribution in [1.82, 2.24) is 0 Å². The molecule has 3 heteroatoms. The maximum Gasteiger partial charge on any atom is 0.250 e. The Morgan fingerprint density at radius 3 is 2.35 bits per heavy atom. The van der Waals surface area contributed by atoms with E-state index in [9.17, 15) is 0 Å². The molecule has 0 aliphatic rings. The first-order valence-corrected chi connectivity index (χ1v) is 10.2. The van der Waals surface area contributed by atoms with Crippen molar-refractivity contribution in [2.45, 2.75) is 52.2 Å². The third-order valence-electron chi connectivity index (χ3n) is 3.84. The highest BCUT2D eigenvalue weighted by atomic mass is 28.4. The SMILES string of the molecule is C=Cc1ccc(OCCC)c(O[Si](C)(C)C(C)(C)C)c1. The molecule has 0 atom stereocenters. The first kappa shape index (κ1) is 16.8. The molecule has 0 aromatic heterocycles. The van der Waals surface area contributed by atoms with Crippen LogP contribution in [0.15, 0.2) is 24.8 Å². The van der Waals surface area contributed by atoms with E-state index in [1.165, 1.54) is 0 Å². The van der Waals surface area contributed by atoms with Crippen molar-refractivity contribution in [3.63, 3.8) is 0 Å². The molecule has 1 aromatic rings. The second-order valence-electron chi connectivity index (χ2n) is 6.62. The topological polar surface area (TPSA) is 18.5 Å². The van der Waals surface area contributed by atoms with Gasteiger partial charge in [0.05, 0.1) is 6.61 Å². The summed E-state index contributed by atoms with van der Waals surface area (Å²) in [6.07, 6.45) is 2.82. The Labute approximate surface area is 124 Å². The van der Waals surface area contributed by atoms with Crippen molar-refractivity contribution in [3.8, 4) is 11.5 Å². The van der Waals surface area contributed by atoms with Gasteiger partial charge in [0, 0.05) is 0 Å². The number of hydrogen-bond donors (Lipinski definition) is 0. The van der Waals surface area contributed by atoms with Gasteiger partial charge in [0.25, 0.3) is 8.32 Å². The molecule has 112 valence electrons. The summed E-state index contributed by atoms with van der Waals surface area (Å²) in [5.41, 5.74) is 1.06. The summed E-state index contributed by atoms with van der Waals surface area (Å²) >= 11 is 0. The Balaban J connectivity index is 3.10. The number of hydrogen-bond acceptors (Lipinski definition) is 2. The van der Waals surface area contributed by atoms with Gasteiger partial charge in [-0.05, 0) is 42.2 Å². The van der Waals surface area contributed by atoms with Gasteiger partial charge in [-0.1, -0.05) is 46.4 Å². The van der Waals surface area contributed by atoms with Gasteiger partial charge in [0.1, 0.15) is 5.75 Å². The number of rotatable bonds is 6. The van der Waals surface area contributed by atoms with Crippen LogP contribution in [-0.4, -0.2) is 14.9 Å². The lowest BCUT2D eigenvalue weighted by molar-refractivity contribution is 0.305. The first-order chi connectivity index (χ1) is 9.21. The molecule has 2 nitrogen and oxygen atoms in total. The summed E-state index contributed by atoms with van der Waals surface area (Å²) < 4.78 is 12.2. The largest absolute Gasteiger partial charge is 0.541 e. The van der Waals surface area contributed by atoms with Crippen LogP contribution in [0.3, 0.4) is 0 Å². The van der Waals surface area contributed by atoms with Crippen molar-refractivity contribution in [3.05, 3.63) is 30.3 Å². The summed E-state index contributed by atoms with van der Waals surface area (Å²) in [6.45, 7) is 17.8. The molecule has 1 aromatic carbocycles. The third kappa shape index (κ3) is 4.14. The fraction of sp³-hybridized carbons (Fsp3) is 0.529. The second-order valence-corrected chi connectivity index (χ2v) is 11.3. The molecule has 1 rings (SSSR count). The molecule has 0 heterocycles. The Bertz CT molecular complexity index is 459. The molecule has 0 fully saturated rings. The van der Waals surface area contributed by atoms with E-state index in [0.717, 1.165) is 23.5 Å². The lowest BCUT2D eigenvalue weighted by Crippen LogP contribution is -2.43. The van der Waals surface area contributed by atoms with Gasteiger partial charge in [0.15, 0.2) is 5.75 Å². The molecule has 0 unspecified atom stereocenters. The Hall–Kier alpha value is -1.22. The lowest BCUT2D eigenvalue weighted by Gasteiger charge is -2.37. The Morgan fingerprint density at radius 1 is 1.20 bits per heavy atom. The van der Waals surface area contributed by atoms with Crippen LogP contribution in [-0.2, 0) is 0 Å². The zero-order valence-corrected chi connectivity index (χ0v) is 14.7. The van der Waals surface area contributed by atoms with E-state index in [2.05, 4.69) is 47.4 Å². The fourth-order valence-electron chi connectivity index (χ4n) is 1.49. The third-order valence-corrected chi connectivity index (χ3v) is 8.18. The van der Waals surface area contributed by atoms with Crippen LogP contribution in [0.1, 0.15) is 39.7 Å². The van der Waals surface area contributed by atoms with Crippen molar-refractivity contribution >= 4 is 14.4 Å². The molecule has 0 bridgehead atoms. The minimum Gasteiger partial charge on any atom is -0.541 e. The van der Waals surface area contributed by atoms with Gasteiger partial charge < -0.3 is 9.16 Å². The molecule has 0 saturated carbocycles. The maximum atomic E-state index is 6.40. The Kier molecular flexibility index (Phi) is 5.46. The molecule has 0 aliphatic heterocycles. The van der Waals surface area contributed by atoms with Gasteiger partial charge in [-0.2, -0.15) is 0 Å². The molecule has 20 heavy (non-hydrogen) atoms. The lowest BCUT2D eigenvalue weighted by atomic mass is 10.2. The smallest absolute Gasteiger partial charge is 0.250 e. The van der Waals surface area contributed by atoms with Gasteiger partial charge in [-0.15, -0.1) is 0 Å². The normalized spacial score (nSPS) is 12.1. The van der Waals surface area contributed by atoms with Crippen LogP contribution >= 0.6 is 0 Å². The van der Waals surface area contributed by atoms with Crippen LogP contribution in [0.25, 0.3) is 6.08 Å². The van der Waals surface area contributed by atoms with E-state index in [1.807, 2.05) is 24.3 Å². The van der Waals surface area contributed by atoms with E-state index in [4.69, 9.17) is 9.16 Å². The number of ether oxygens (including phenoxy) is 1. The molecule has 0 N–H and O–H groups in total. The number of benzene rings is 1. The fourth-order valence-corrected chi connectivity index (χ4v) is 2.51. The summed E-state index contributed by atoms with van der Waals surface area (Å²) in [5.74, 6) is 1.68. The first-order valence-electron chi connectivity index (χ1n) is 7.29. The zero-order valence-electron chi connectivity index (χ0n) is 13.7. The highest BCUT2D eigenvalue weighted by Gasteiger charge is 2.39. The molecule has 0 aliphatic carbocycles. The van der Waals surface area contributed by atoms with Gasteiger partial charge >= 0.3 is 0 Å². The van der Waals surface area contributed by atoms with Crippen LogP contribution in [0, 0.1) is 0 Å². The standard InChI is InChI=1S/C17H28O2Si/c1-8-12-18-15-11-10-14(9-2)13-16(15)19-20(6,7)17(3,4)5/h9-11,13H,2,8,12H2,1,3-7H3. The minimum atomic E-state index is -1.87. The monoisotopic (exact) mass is 292 g/mol. The molecule has 0 radical (unpaired) electrons. The van der Waals surface area contributed by atoms with E-state index >= 15 is 0 Å². The Morgan fingerprint density at radius 2 is 1.85 bits per heavy atom. The molecular formula is C17H28O2Si. The summed E-state index contributed by atoms with van der Waals surface area (Å²) in [7, 11) is -1.87. The maximum absolute atomic E-state index is 6.40. The predicted octanol–water partition coefficient (Wildman–Crippen LogP) is 5.50. The molecule has 0 amide bonds. The van der Waals surface area contributed by atoms with Crippen LogP contribution in [0.2, 0.25) is 18.1 Å². The highest BCUT2D eigenvalue weighted by molar-refractivity contribution is 6.74. The average Bonchev–Trinajstić information content (AvgIpc) is 2.35. The van der Waals surface area contributed by atoms with E-state index in [-0.39, 0.29) is 5.04 Å². The summed E-state index contributed by atoms with van der Waals surface area (Å²) in [5, 5.41) is 0.166. The van der Waals surface area contributed by atoms with Crippen molar-refractivity contribution in [2.75, 3.05) is 6.61 Å². The highest BCUT2D eigenvalue weighted by Crippen LogP contribution is 2.40. The minimum absolute atomic E-state index is 0.166. The predicted molar refractivity (Wildman–Crippen MR) is 90.1 cm³/mol. The second kappa shape index (κ2) is 6.49. The van der Waals surface area contributed by atoms with Gasteiger partial charge in [-0.3, -0.25) is 0 Å².